The van der Waals surface area contributed by atoms with E-state index in [1.54, 1.807) is 30.3 Å². The molecule has 0 aromatic heterocycles. The van der Waals surface area contributed by atoms with Crippen molar-refractivity contribution in [1.82, 2.24) is 0 Å². The summed E-state index contributed by atoms with van der Waals surface area (Å²) in [6.45, 7) is 0.336. The normalized spacial score (nSPS) is 10.3. The summed E-state index contributed by atoms with van der Waals surface area (Å²) in [5.41, 5.74) is 6.44. The van der Waals surface area contributed by atoms with Gasteiger partial charge in [-0.2, -0.15) is 0 Å². The first-order valence-corrected chi connectivity index (χ1v) is 5.87. The molecule has 2 nitrogen and oxygen atoms in total. The molecule has 0 unspecified atom stereocenters. The van der Waals surface area contributed by atoms with Crippen LogP contribution in [-0.4, -0.2) is 0 Å². The minimum absolute atomic E-state index is 0.336. The van der Waals surface area contributed by atoms with Gasteiger partial charge in [0.1, 0.15) is 11.5 Å². The third-order valence-electron chi connectivity index (χ3n) is 2.32. The van der Waals surface area contributed by atoms with Crippen LogP contribution >= 0.6 is 23.2 Å². The van der Waals surface area contributed by atoms with Gasteiger partial charge in [-0.05, 0) is 36.4 Å². The van der Waals surface area contributed by atoms with Crippen molar-refractivity contribution in [2.45, 2.75) is 6.54 Å². The molecule has 88 valence electrons. The van der Waals surface area contributed by atoms with E-state index in [1.807, 2.05) is 12.1 Å². The number of benzene rings is 2. The second-order valence-electron chi connectivity index (χ2n) is 3.48. The van der Waals surface area contributed by atoms with Gasteiger partial charge in [0.2, 0.25) is 0 Å². The maximum absolute atomic E-state index is 6.04. The van der Waals surface area contributed by atoms with Crippen LogP contribution in [0.25, 0.3) is 0 Å². The Kier molecular flexibility index (Phi) is 3.89. The van der Waals surface area contributed by atoms with E-state index in [1.165, 1.54) is 0 Å². The Hall–Kier alpha value is -1.22. The summed E-state index contributed by atoms with van der Waals surface area (Å²) in [7, 11) is 0. The first-order chi connectivity index (χ1) is 8.20. The zero-order chi connectivity index (χ0) is 12.3. The fourth-order valence-corrected chi connectivity index (χ4v) is 1.83. The third kappa shape index (κ3) is 2.91. The first kappa shape index (κ1) is 12.2. The van der Waals surface area contributed by atoms with E-state index >= 15 is 0 Å². The van der Waals surface area contributed by atoms with Crippen LogP contribution in [0.3, 0.4) is 0 Å². The van der Waals surface area contributed by atoms with Gasteiger partial charge >= 0.3 is 0 Å². The summed E-state index contributed by atoms with van der Waals surface area (Å²) < 4.78 is 5.71. The molecule has 0 atom stereocenters. The van der Waals surface area contributed by atoms with Crippen LogP contribution in [0.5, 0.6) is 11.5 Å². The van der Waals surface area contributed by atoms with Crippen molar-refractivity contribution >= 4 is 23.2 Å². The molecule has 2 aromatic rings. The summed E-state index contributed by atoms with van der Waals surface area (Å²) in [5.74, 6) is 1.37. The molecule has 0 aliphatic rings. The zero-order valence-electron chi connectivity index (χ0n) is 8.99. The Morgan fingerprint density at radius 2 is 1.71 bits per heavy atom. The predicted octanol–water partition coefficient (Wildman–Crippen LogP) is 4.24. The zero-order valence-corrected chi connectivity index (χ0v) is 10.5. The van der Waals surface area contributed by atoms with Crippen LogP contribution in [0, 0.1) is 0 Å². The standard InChI is InChI=1S/C13H11Cl2NO/c14-9-4-6-10(7-5-9)17-13-3-1-2-12(15)11(13)8-16/h1-7H,8,16H2. The molecular formula is C13H11Cl2NO. The van der Waals surface area contributed by atoms with E-state index < -0.39 is 0 Å². The molecule has 0 saturated carbocycles. The number of halogens is 2. The summed E-state index contributed by atoms with van der Waals surface area (Å²) in [6, 6.07) is 12.6. The minimum atomic E-state index is 0.336. The highest BCUT2D eigenvalue weighted by molar-refractivity contribution is 6.31. The summed E-state index contributed by atoms with van der Waals surface area (Å²) in [6.07, 6.45) is 0. The minimum Gasteiger partial charge on any atom is -0.457 e. The lowest BCUT2D eigenvalue weighted by Gasteiger charge is -2.11. The highest BCUT2D eigenvalue weighted by Crippen LogP contribution is 2.30. The Morgan fingerprint density at radius 1 is 1.00 bits per heavy atom. The lowest BCUT2D eigenvalue weighted by Crippen LogP contribution is -2.00. The molecule has 0 amide bonds. The molecule has 0 saturated heterocycles. The van der Waals surface area contributed by atoms with E-state index in [0.29, 0.717) is 28.1 Å². The van der Waals surface area contributed by atoms with E-state index in [-0.39, 0.29) is 0 Å². The maximum atomic E-state index is 6.04. The molecule has 0 spiro atoms. The van der Waals surface area contributed by atoms with E-state index in [2.05, 4.69) is 0 Å². The molecule has 4 heteroatoms. The number of hydrogen-bond donors (Lipinski definition) is 1. The summed E-state index contributed by atoms with van der Waals surface area (Å²) in [5, 5.41) is 1.28. The second-order valence-corrected chi connectivity index (χ2v) is 4.32. The Labute approximate surface area is 110 Å². The number of ether oxygens (including phenoxy) is 1. The maximum Gasteiger partial charge on any atom is 0.133 e. The van der Waals surface area contributed by atoms with Crippen molar-refractivity contribution < 1.29 is 4.74 Å². The summed E-state index contributed by atoms with van der Waals surface area (Å²) in [4.78, 5) is 0. The quantitative estimate of drug-likeness (QED) is 0.903. The molecule has 0 bridgehead atoms. The molecule has 0 aliphatic carbocycles. The van der Waals surface area contributed by atoms with Crippen molar-refractivity contribution in [1.29, 1.82) is 0 Å². The average molecular weight is 268 g/mol. The largest absolute Gasteiger partial charge is 0.457 e. The van der Waals surface area contributed by atoms with Crippen molar-refractivity contribution in [3.63, 3.8) is 0 Å². The highest BCUT2D eigenvalue weighted by Gasteiger charge is 2.07. The van der Waals surface area contributed by atoms with Gasteiger partial charge in [-0.15, -0.1) is 0 Å². The van der Waals surface area contributed by atoms with Gasteiger partial charge in [-0.25, -0.2) is 0 Å². The van der Waals surface area contributed by atoms with Gasteiger partial charge < -0.3 is 10.5 Å². The van der Waals surface area contributed by atoms with E-state index in [4.69, 9.17) is 33.7 Å². The first-order valence-electron chi connectivity index (χ1n) is 5.11. The van der Waals surface area contributed by atoms with Crippen molar-refractivity contribution in [2.24, 2.45) is 5.73 Å². The lowest BCUT2D eigenvalue weighted by atomic mass is 10.2. The monoisotopic (exact) mass is 267 g/mol. The third-order valence-corrected chi connectivity index (χ3v) is 2.93. The molecule has 2 N–H and O–H groups in total. The number of rotatable bonds is 3. The number of nitrogens with two attached hydrogens (primary N) is 1. The fourth-order valence-electron chi connectivity index (χ4n) is 1.46. The van der Waals surface area contributed by atoms with Crippen LogP contribution in [0.4, 0.5) is 0 Å². The molecule has 17 heavy (non-hydrogen) atoms. The van der Waals surface area contributed by atoms with Gasteiger partial charge in [0.05, 0.1) is 0 Å². The second kappa shape index (κ2) is 5.41. The topological polar surface area (TPSA) is 35.2 Å². The molecule has 2 aromatic carbocycles. The van der Waals surface area contributed by atoms with Gasteiger partial charge in [-0.3, -0.25) is 0 Å². The van der Waals surface area contributed by atoms with Crippen LogP contribution in [0.15, 0.2) is 42.5 Å². The van der Waals surface area contributed by atoms with Crippen LogP contribution in [0.1, 0.15) is 5.56 Å². The SMILES string of the molecule is NCc1c(Cl)cccc1Oc1ccc(Cl)cc1. The number of hydrogen-bond acceptors (Lipinski definition) is 2. The highest BCUT2D eigenvalue weighted by atomic mass is 35.5. The van der Waals surface area contributed by atoms with Crippen LogP contribution < -0.4 is 10.5 Å². The smallest absolute Gasteiger partial charge is 0.133 e. The Bertz CT molecular complexity index is 511. The molecule has 0 aliphatic heterocycles. The Morgan fingerprint density at radius 3 is 2.35 bits per heavy atom. The average Bonchev–Trinajstić information content (AvgIpc) is 2.32. The predicted molar refractivity (Wildman–Crippen MR) is 70.9 cm³/mol. The molecular weight excluding hydrogens is 257 g/mol. The molecule has 0 heterocycles. The molecule has 0 radical (unpaired) electrons. The Balaban J connectivity index is 2.29. The van der Waals surface area contributed by atoms with Crippen molar-refractivity contribution in [2.75, 3.05) is 0 Å². The van der Waals surface area contributed by atoms with E-state index in [9.17, 15) is 0 Å². The van der Waals surface area contributed by atoms with Crippen LogP contribution in [0.2, 0.25) is 10.0 Å². The molecule has 0 fully saturated rings. The van der Waals surface area contributed by atoms with Gasteiger partial charge in [0.25, 0.3) is 0 Å². The lowest BCUT2D eigenvalue weighted by molar-refractivity contribution is 0.476. The van der Waals surface area contributed by atoms with Gasteiger partial charge in [0, 0.05) is 22.2 Å². The van der Waals surface area contributed by atoms with Gasteiger partial charge in [-0.1, -0.05) is 29.3 Å². The summed E-state index contributed by atoms with van der Waals surface area (Å²) >= 11 is 11.8. The fraction of sp³-hybridized carbons (Fsp3) is 0.0769. The van der Waals surface area contributed by atoms with Crippen molar-refractivity contribution in [3.8, 4) is 11.5 Å². The van der Waals surface area contributed by atoms with Crippen molar-refractivity contribution in [3.05, 3.63) is 58.1 Å². The van der Waals surface area contributed by atoms with E-state index in [0.717, 1.165) is 5.56 Å². The molecule has 2 rings (SSSR count). The van der Waals surface area contributed by atoms with Gasteiger partial charge in [0.15, 0.2) is 0 Å². The van der Waals surface area contributed by atoms with Crippen LogP contribution in [-0.2, 0) is 6.54 Å².